The van der Waals surface area contributed by atoms with Crippen molar-refractivity contribution in [1.29, 1.82) is 0 Å². The van der Waals surface area contributed by atoms with Gasteiger partial charge in [0.1, 0.15) is 6.10 Å². The topological polar surface area (TPSA) is 83.6 Å². The van der Waals surface area contributed by atoms with E-state index in [1.807, 2.05) is 4.90 Å². The van der Waals surface area contributed by atoms with Crippen LogP contribution in [0.1, 0.15) is 29.0 Å². The maximum absolute atomic E-state index is 13.1. The third-order valence-electron chi connectivity index (χ3n) is 5.14. The van der Waals surface area contributed by atoms with Gasteiger partial charge in [-0.1, -0.05) is 12.1 Å². The van der Waals surface area contributed by atoms with Gasteiger partial charge in [0.05, 0.1) is 23.5 Å². The lowest BCUT2D eigenvalue weighted by Gasteiger charge is -2.25. The summed E-state index contributed by atoms with van der Waals surface area (Å²) in [4.78, 5) is 31.8. The van der Waals surface area contributed by atoms with Crippen LogP contribution in [0.2, 0.25) is 0 Å². The lowest BCUT2D eigenvalue weighted by molar-refractivity contribution is -0.137. The molecule has 0 aliphatic carbocycles. The van der Waals surface area contributed by atoms with Crippen molar-refractivity contribution in [3.8, 4) is 0 Å². The molecule has 2 aliphatic heterocycles. The lowest BCUT2D eigenvalue weighted by atomic mass is 10.1. The van der Waals surface area contributed by atoms with Crippen molar-refractivity contribution in [2.24, 2.45) is 0 Å². The number of rotatable bonds is 5. The molecule has 2 N–H and O–H groups in total. The zero-order chi connectivity index (χ0) is 22.0. The van der Waals surface area contributed by atoms with Crippen molar-refractivity contribution in [2.45, 2.75) is 38.1 Å². The summed E-state index contributed by atoms with van der Waals surface area (Å²) in [6.07, 6.45) is -2.85. The number of ether oxygens (including phenoxy) is 1. The largest absolute Gasteiger partial charge is 0.418 e. The number of nitrogens with zero attached hydrogens (tertiary/aromatic N) is 2. The molecule has 11 heteroatoms. The summed E-state index contributed by atoms with van der Waals surface area (Å²) in [6, 6.07) is 4.90. The molecule has 3 heterocycles. The normalized spacial score (nSPS) is 19.1. The summed E-state index contributed by atoms with van der Waals surface area (Å²) in [7, 11) is 0. The molecule has 2 amide bonds. The smallest absolute Gasteiger partial charge is 0.368 e. The zero-order valence-corrected chi connectivity index (χ0v) is 17.3. The number of benzene rings is 1. The molecule has 7 nitrogen and oxygen atoms in total. The van der Waals surface area contributed by atoms with Gasteiger partial charge in [-0.3, -0.25) is 19.8 Å². The number of carbonyl (C=O) groups excluding carboxylic acids is 2. The van der Waals surface area contributed by atoms with Gasteiger partial charge in [-0.05, 0) is 25.0 Å². The number of nitrogens with one attached hydrogen (secondary N) is 2. The van der Waals surface area contributed by atoms with E-state index < -0.39 is 23.8 Å². The number of hydrogen-bond acceptors (Lipinski definition) is 6. The Balaban J connectivity index is 1.35. The first kappa shape index (κ1) is 21.7. The van der Waals surface area contributed by atoms with Gasteiger partial charge in [0.25, 0.3) is 5.91 Å². The maximum atomic E-state index is 13.1. The monoisotopic (exact) mass is 454 g/mol. The molecule has 1 fully saturated rings. The third-order valence-corrected chi connectivity index (χ3v) is 6.13. The van der Waals surface area contributed by atoms with E-state index in [9.17, 15) is 22.8 Å². The number of fused-ring (bicyclic) bond motifs is 1. The summed E-state index contributed by atoms with van der Waals surface area (Å²) >= 11 is 1.34. The Morgan fingerprint density at radius 2 is 2.06 bits per heavy atom. The first-order valence-corrected chi connectivity index (χ1v) is 10.7. The Bertz CT molecular complexity index is 973. The number of amides is 2. The second-order valence-electron chi connectivity index (χ2n) is 7.43. The second kappa shape index (κ2) is 8.93. The minimum absolute atomic E-state index is 0.0405. The van der Waals surface area contributed by atoms with Crippen LogP contribution in [0.5, 0.6) is 0 Å². The van der Waals surface area contributed by atoms with Crippen LogP contribution >= 0.6 is 11.3 Å². The van der Waals surface area contributed by atoms with E-state index in [4.69, 9.17) is 4.74 Å². The van der Waals surface area contributed by atoms with Gasteiger partial charge in [0, 0.05) is 31.0 Å². The number of anilines is 2. The number of halogens is 3. The van der Waals surface area contributed by atoms with Gasteiger partial charge < -0.3 is 10.1 Å². The predicted molar refractivity (Wildman–Crippen MR) is 109 cm³/mol. The highest BCUT2D eigenvalue weighted by molar-refractivity contribution is 7.15. The average Bonchev–Trinajstić information content (AvgIpc) is 3.36. The van der Waals surface area contributed by atoms with Crippen LogP contribution in [0, 0.1) is 0 Å². The summed E-state index contributed by atoms with van der Waals surface area (Å²) in [5.74, 6) is -0.722. The second-order valence-corrected chi connectivity index (χ2v) is 8.52. The number of alkyl halides is 3. The number of thiazole rings is 1. The van der Waals surface area contributed by atoms with Crippen molar-refractivity contribution >= 4 is 34.0 Å². The summed E-state index contributed by atoms with van der Waals surface area (Å²) in [6.45, 7) is 1.53. The summed E-state index contributed by atoms with van der Waals surface area (Å²) in [5.41, 5.74) is -0.264. The number of hydrogen-bond donors (Lipinski definition) is 2. The minimum atomic E-state index is -4.54. The first-order valence-electron chi connectivity index (χ1n) is 9.89. The van der Waals surface area contributed by atoms with Gasteiger partial charge in [-0.25, -0.2) is 4.98 Å². The molecule has 2 aliphatic rings. The van der Waals surface area contributed by atoms with E-state index in [1.165, 1.54) is 29.5 Å². The van der Waals surface area contributed by atoms with Crippen molar-refractivity contribution in [2.75, 3.05) is 30.3 Å². The summed E-state index contributed by atoms with van der Waals surface area (Å²) in [5, 5.41) is 5.65. The Kier molecular flexibility index (Phi) is 6.26. The predicted octanol–water partition coefficient (Wildman–Crippen LogP) is 3.28. The van der Waals surface area contributed by atoms with E-state index in [0.717, 1.165) is 23.1 Å². The fourth-order valence-electron chi connectivity index (χ4n) is 3.64. The van der Waals surface area contributed by atoms with E-state index in [0.29, 0.717) is 37.7 Å². The Hall–Kier alpha value is -2.50. The van der Waals surface area contributed by atoms with Crippen molar-refractivity contribution in [3.63, 3.8) is 0 Å². The zero-order valence-electron chi connectivity index (χ0n) is 16.5. The molecule has 0 saturated carbocycles. The highest BCUT2D eigenvalue weighted by Gasteiger charge is 2.34. The molecule has 31 heavy (non-hydrogen) atoms. The molecule has 166 valence electrons. The fraction of sp³-hybridized carbons (Fsp3) is 0.450. The maximum Gasteiger partial charge on any atom is 0.418 e. The van der Waals surface area contributed by atoms with Crippen molar-refractivity contribution in [1.82, 2.24) is 9.88 Å². The number of carbonyl (C=O) groups is 2. The molecule has 2 aromatic rings. The van der Waals surface area contributed by atoms with Crippen LogP contribution in [-0.4, -0.2) is 47.5 Å². The Morgan fingerprint density at radius 3 is 2.81 bits per heavy atom. The van der Waals surface area contributed by atoms with Crippen LogP contribution < -0.4 is 10.6 Å². The molecule has 0 bridgehead atoms. The van der Waals surface area contributed by atoms with E-state index in [2.05, 4.69) is 15.6 Å². The number of para-hydroxylation sites is 1. The molecule has 0 radical (unpaired) electrons. The van der Waals surface area contributed by atoms with Gasteiger partial charge in [0.15, 0.2) is 5.13 Å². The molecule has 0 spiro atoms. The molecular formula is C20H21F3N4O3S. The van der Waals surface area contributed by atoms with Crippen molar-refractivity contribution in [3.05, 3.63) is 40.4 Å². The molecule has 1 atom stereocenters. The van der Waals surface area contributed by atoms with E-state index >= 15 is 0 Å². The Labute approximate surface area is 180 Å². The first-order chi connectivity index (χ1) is 14.8. The molecule has 1 aromatic carbocycles. The quantitative estimate of drug-likeness (QED) is 0.725. The van der Waals surface area contributed by atoms with E-state index in [1.54, 1.807) is 0 Å². The van der Waals surface area contributed by atoms with Crippen LogP contribution in [0.25, 0.3) is 0 Å². The highest BCUT2D eigenvalue weighted by atomic mass is 32.1. The molecular weight excluding hydrogens is 433 g/mol. The molecule has 1 saturated heterocycles. The van der Waals surface area contributed by atoms with Gasteiger partial charge in [0.2, 0.25) is 5.91 Å². The van der Waals surface area contributed by atoms with Crippen LogP contribution in [-0.2, 0) is 33.5 Å². The molecule has 1 unspecified atom stereocenters. The Morgan fingerprint density at radius 1 is 1.26 bits per heavy atom. The highest BCUT2D eigenvalue weighted by Crippen LogP contribution is 2.34. The van der Waals surface area contributed by atoms with Crippen molar-refractivity contribution < 1.29 is 27.5 Å². The average molecular weight is 454 g/mol. The molecule has 4 rings (SSSR count). The minimum Gasteiger partial charge on any atom is -0.368 e. The molecule has 1 aromatic heterocycles. The van der Waals surface area contributed by atoms with Crippen LogP contribution in [0.4, 0.5) is 24.0 Å². The lowest BCUT2D eigenvalue weighted by Crippen LogP contribution is -2.37. The SMILES string of the molecule is O=C(CN1CCc2nc(NC(=O)C3CCCO3)sc2C1)Nc1ccccc1C(F)(F)F. The van der Waals surface area contributed by atoms with Gasteiger partial charge in [-0.15, -0.1) is 11.3 Å². The fourth-order valence-corrected chi connectivity index (χ4v) is 4.69. The van der Waals surface area contributed by atoms with Crippen LogP contribution in [0.3, 0.4) is 0 Å². The number of aromatic nitrogens is 1. The third kappa shape index (κ3) is 5.23. The van der Waals surface area contributed by atoms with E-state index in [-0.39, 0.29) is 18.1 Å². The summed E-state index contributed by atoms with van der Waals surface area (Å²) < 4.78 is 44.7. The van der Waals surface area contributed by atoms with Gasteiger partial charge in [-0.2, -0.15) is 13.2 Å². The van der Waals surface area contributed by atoms with Crippen LogP contribution in [0.15, 0.2) is 24.3 Å². The van der Waals surface area contributed by atoms with Gasteiger partial charge >= 0.3 is 6.18 Å². The standard InChI is InChI=1S/C20H21F3N4O3S/c21-20(22,23)12-4-1-2-5-13(12)24-17(28)11-27-8-7-14-16(10-27)31-19(25-14)26-18(29)15-6-3-9-30-15/h1-2,4-5,15H,3,6-11H2,(H,24,28)(H,25,26,29).